The van der Waals surface area contributed by atoms with Crippen LogP contribution in [0, 0.1) is 18.3 Å². The lowest BCUT2D eigenvalue weighted by Crippen LogP contribution is -2.27. The van der Waals surface area contributed by atoms with Crippen LogP contribution >= 0.6 is 0 Å². The molecule has 0 bridgehead atoms. The van der Waals surface area contributed by atoms with Crippen LogP contribution in [0.3, 0.4) is 0 Å². The van der Waals surface area contributed by atoms with E-state index in [1.54, 1.807) is 0 Å². The zero-order valence-corrected chi connectivity index (χ0v) is 10.8. The van der Waals surface area contributed by atoms with E-state index in [-0.39, 0.29) is 6.61 Å². The van der Waals surface area contributed by atoms with Gasteiger partial charge in [0.05, 0.1) is 18.8 Å². The van der Waals surface area contributed by atoms with Crippen LogP contribution in [-0.4, -0.2) is 27.6 Å². The van der Waals surface area contributed by atoms with Gasteiger partial charge >= 0.3 is 0 Å². The molecule has 2 aromatic heterocycles. The number of aliphatic hydroxyl groups excluding tert-OH is 1. The largest absolute Gasteiger partial charge is 0.390 e. The molecule has 1 N–H and O–H groups in total. The molecule has 0 aromatic carbocycles. The van der Waals surface area contributed by atoms with Crippen LogP contribution in [-0.2, 0) is 6.61 Å². The van der Waals surface area contributed by atoms with Crippen molar-refractivity contribution in [1.29, 1.82) is 0 Å². The Morgan fingerprint density at radius 2 is 2.32 bits per heavy atom. The summed E-state index contributed by atoms with van der Waals surface area (Å²) in [5, 5.41) is 9.63. The zero-order valence-electron chi connectivity index (χ0n) is 10.8. The fourth-order valence-electron chi connectivity index (χ4n) is 2.38. The third kappa shape index (κ3) is 2.29. The van der Waals surface area contributed by atoms with Gasteiger partial charge in [-0.1, -0.05) is 12.0 Å². The predicted octanol–water partition coefficient (Wildman–Crippen LogP) is 1.68. The van der Waals surface area contributed by atoms with E-state index < -0.39 is 0 Å². The highest BCUT2D eigenvalue weighted by Gasteiger charge is 2.26. The van der Waals surface area contributed by atoms with Crippen molar-refractivity contribution in [2.24, 2.45) is 5.92 Å². The summed E-state index contributed by atoms with van der Waals surface area (Å²) in [4.78, 5) is 6.72. The Morgan fingerprint density at radius 1 is 1.47 bits per heavy atom. The molecule has 4 nitrogen and oxygen atoms in total. The summed E-state index contributed by atoms with van der Waals surface area (Å²) in [5.41, 5.74) is 1.66. The van der Waals surface area contributed by atoms with Crippen molar-refractivity contribution in [3.05, 3.63) is 30.1 Å². The molecule has 2 aromatic rings. The number of imidazole rings is 1. The molecule has 0 saturated heterocycles. The molecule has 98 valence electrons. The maximum Gasteiger partial charge on any atom is 0.154 e. The highest BCUT2D eigenvalue weighted by atomic mass is 16.3. The zero-order chi connectivity index (χ0) is 13.2. The van der Waals surface area contributed by atoms with Crippen molar-refractivity contribution in [3.63, 3.8) is 0 Å². The molecule has 1 aliphatic rings. The van der Waals surface area contributed by atoms with Gasteiger partial charge in [0.1, 0.15) is 5.65 Å². The van der Waals surface area contributed by atoms with Crippen LogP contribution in [0.25, 0.3) is 5.65 Å². The van der Waals surface area contributed by atoms with E-state index in [0.717, 1.165) is 29.6 Å². The summed E-state index contributed by atoms with van der Waals surface area (Å²) in [7, 11) is 0. The van der Waals surface area contributed by atoms with Crippen molar-refractivity contribution in [3.8, 4) is 12.3 Å². The minimum Gasteiger partial charge on any atom is -0.390 e. The van der Waals surface area contributed by atoms with Crippen LogP contribution in [0.2, 0.25) is 0 Å². The van der Waals surface area contributed by atoms with E-state index in [2.05, 4.69) is 15.8 Å². The number of terminal acetylenes is 1. The van der Waals surface area contributed by atoms with Gasteiger partial charge in [0.25, 0.3) is 0 Å². The Balaban J connectivity index is 2.03. The van der Waals surface area contributed by atoms with Crippen molar-refractivity contribution in [2.75, 3.05) is 18.0 Å². The quantitative estimate of drug-likeness (QED) is 0.826. The van der Waals surface area contributed by atoms with E-state index in [1.807, 2.05) is 28.8 Å². The number of anilines is 1. The second-order valence-electron chi connectivity index (χ2n) is 5.00. The van der Waals surface area contributed by atoms with Crippen molar-refractivity contribution in [1.82, 2.24) is 9.38 Å². The van der Waals surface area contributed by atoms with Gasteiger partial charge in [-0.2, -0.15) is 0 Å². The Bertz CT molecular complexity index is 622. The molecule has 0 aliphatic heterocycles. The molecule has 1 fully saturated rings. The molecule has 0 spiro atoms. The molecule has 0 unspecified atom stereocenters. The van der Waals surface area contributed by atoms with E-state index >= 15 is 0 Å². The molecule has 2 heterocycles. The van der Waals surface area contributed by atoms with Gasteiger partial charge in [0, 0.05) is 12.7 Å². The normalized spacial score (nSPS) is 14.5. The van der Waals surface area contributed by atoms with Gasteiger partial charge < -0.3 is 10.0 Å². The van der Waals surface area contributed by atoms with Crippen molar-refractivity contribution >= 4 is 11.5 Å². The first-order chi connectivity index (χ1) is 9.33. The Kier molecular flexibility index (Phi) is 3.14. The fourth-order valence-corrected chi connectivity index (χ4v) is 2.38. The maximum atomic E-state index is 9.63. The van der Waals surface area contributed by atoms with Crippen LogP contribution < -0.4 is 4.90 Å². The lowest BCUT2D eigenvalue weighted by Gasteiger charge is -2.20. The number of fused-ring (bicyclic) bond motifs is 1. The topological polar surface area (TPSA) is 40.8 Å². The fraction of sp³-hybridized carbons (Fsp3) is 0.400. The maximum absolute atomic E-state index is 9.63. The smallest absolute Gasteiger partial charge is 0.154 e. The predicted molar refractivity (Wildman–Crippen MR) is 74.9 cm³/mol. The lowest BCUT2D eigenvalue weighted by atomic mass is 10.3. The van der Waals surface area contributed by atoms with E-state index in [9.17, 15) is 5.11 Å². The third-order valence-corrected chi connectivity index (χ3v) is 3.51. The summed E-state index contributed by atoms with van der Waals surface area (Å²) in [6.07, 6.45) is 9.91. The number of hydrogen-bond acceptors (Lipinski definition) is 3. The first kappa shape index (κ1) is 12.1. The second-order valence-corrected chi connectivity index (χ2v) is 5.00. The number of aromatic nitrogens is 2. The van der Waals surface area contributed by atoms with Gasteiger partial charge in [0.2, 0.25) is 0 Å². The lowest BCUT2D eigenvalue weighted by molar-refractivity contribution is 0.276. The van der Waals surface area contributed by atoms with E-state index in [4.69, 9.17) is 6.42 Å². The van der Waals surface area contributed by atoms with Crippen LogP contribution in [0.15, 0.2) is 24.4 Å². The van der Waals surface area contributed by atoms with Gasteiger partial charge in [-0.05, 0) is 30.9 Å². The first-order valence-corrected chi connectivity index (χ1v) is 6.58. The summed E-state index contributed by atoms with van der Waals surface area (Å²) in [5.74, 6) is 4.23. The number of pyridine rings is 1. The van der Waals surface area contributed by atoms with Crippen molar-refractivity contribution < 1.29 is 5.11 Å². The number of hydrogen-bond donors (Lipinski definition) is 1. The molecular weight excluding hydrogens is 238 g/mol. The van der Waals surface area contributed by atoms with E-state index in [0.29, 0.717) is 6.54 Å². The summed E-state index contributed by atoms with van der Waals surface area (Å²) >= 11 is 0. The van der Waals surface area contributed by atoms with Crippen LogP contribution in [0.5, 0.6) is 0 Å². The Hall–Kier alpha value is -1.99. The van der Waals surface area contributed by atoms with Gasteiger partial charge in [-0.15, -0.1) is 6.42 Å². The SMILES string of the molecule is C#CCN(CC1CC1)c1nc2ccccn2c1CO. The Labute approximate surface area is 112 Å². The minimum atomic E-state index is -0.0355. The summed E-state index contributed by atoms with van der Waals surface area (Å²) < 4.78 is 1.92. The molecule has 1 aliphatic carbocycles. The van der Waals surface area contributed by atoms with Gasteiger partial charge in [-0.25, -0.2) is 4.98 Å². The van der Waals surface area contributed by atoms with Gasteiger partial charge in [0.15, 0.2) is 5.82 Å². The number of rotatable bonds is 5. The van der Waals surface area contributed by atoms with E-state index in [1.165, 1.54) is 12.8 Å². The number of aliphatic hydroxyl groups is 1. The molecule has 0 radical (unpaired) electrons. The minimum absolute atomic E-state index is 0.0355. The molecule has 19 heavy (non-hydrogen) atoms. The van der Waals surface area contributed by atoms with Crippen LogP contribution in [0.4, 0.5) is 5.82 Å². The van der Waals surface area contributed by atoms with Crippen LogP contribution in [0.1, 0.15) is 18.5 Å². The third-order valence-electron chi connectivity index (χ3n) is 3.51. The van der Waals surface area contributed by atoms with Crippen molar-refractivity contribution in [2.45, 2.75) is 19.4 Å². The second kappa shape index (κ2) is 4.94. The average molecular weight is 255 g/mol. The standard InChI is InChI=1S/C15H17N3O/c1-2-8-17(10-12-6-7-12)15-13(11-19)18-9-4-3-5-14(18)16-15/h1,3-5,9,12,19H,6-8,10-11H2. The molecule has 3 rings (SSSR count). The molecule has 4 heteroatoms. The number of nitrogens with zero attached hydrogens (tertiary/aromatic N) is 3. The first-order valence-electron chi connectivity index (χ1n) is 6.58. The molecule has 0 amide bonds. The molecule has 1 saturated carbocycles. The highest BCUT2D eigenvalue weighted by Crippen LogP contribution is 2.32. The summed E-state index contributed by atoms with van der Waals surface area (Å²) in [6.45, 7) is 1.43. The molecular formula is C15H17N3O. The average Bonchev–Trinajstić information content (AvgIpc) is 3.16. The highest BCUT2D eigenvalue weighted by molar-refractivity contribution is 5.56. The summed E-state index contributed by atoms with van der Waals surface area (Å²) in [6, 6.07) is 5.82. The van der Waals surface area contributed by atoms with Gasteiger partial charge in [-0.3, -0.25) is 4.40 Å². The Morgan fingerprint density at radius 3 is 3.00 bits per heavy atom. The molecule has 0 atom stereocenters. The monoisotopic (exact) mass is 255 g/mol.